The van der Waals surface area contributed by atoms with E-state index in [0.29, 0.717) is 30.4 Å². The molecule has 7 heteroatoms. The average molecular weight is 408 g/mol. The fraction of sp³-hybridized carbons (Fsp3) is 0.217. The minimum Gasteiger partial charge on any atom is -0.497 e. The molecule has 0 unspecified atom stereocenters. The quantitative estimate of drug-likeness (QED) is 0.622. The summed E-state index contributed by atoms with van der Waals surface area (Å²) in [7, 11) is 1.61. The van der Waals surface area contributed by atoms with E-state index in [1.807, 2.05) is 24.3 Å². The Labute approximate surface area is 173 Å². The van der Waals surface area contributed by atoms with E-state index in [1.54, 1.807) is 36.3 Å². The molecule has 4 rings (SSSR count). The number of nitrogens with zero attached hydrogens (tertiary/aromatic N) is 2. The van der Waals surface area contributed by atoms with Crippen LogP contribution in [0.3, 0.4) is 0 Å². The van der Waals surface area contributed by atoms with Crippen molar-refractivity contribution in [3.05, 3.63) is 83.3 Å². The molecular weight excluding hydrogens is 387 g/mol. The number of rotatable bonds is 6. The van der Waals surface area contributed by atoms with Crippen LogP contribution in [0.4, 0.5) is 4.39 Å². The van der Waals surface area contributed by atoms with Crippen molar-refractivity contribution in [3.8, 4) is 17.4 Å². The van der Waals surface area contributed by atoms with Crippen LogP contribution in [0.25, 0.3) is 0 Å². The van der Waals surface area contributed by atoms with Crippen molar-refractivity contribution in [1.29, 1.82) is 0 Å². The SMILES string of the molecule is COc1cccc(CN2Cc3nc(OCc4ccc(F)cc4)ccc3OCC2=O)c1. The Morgan fingerprint density at radius 2 is 1.93 bits per heavy atom. The summed E-state index contributed by atoms with van der Waals surface area (Å²) in [6, 6.07) is 17.1. The lowest BCUT2D eigenvalue weighted by Crippen LogP contribution is -2.32. The normalized spacial score (nSPS) is 13.3. The van der Waals surface area contributed by atoms with Gasteiger partial charge in [-0.3, -0.25) is 4.79 Å². The zero-order chi connectivity index (χ0) is 20.9. The van der Waals surface area contributed by atoms with Gasteiger partial charge in [0.15, 0.2) is 6.61 Å². The molecule has 1 aliphatic heterocycles. The van der Waals surface area contributed by atoms with Gasteiger partial charge in [-0.2, -0.15) is 0 Å². The first-order chi connectivity index (χ1) is 14.6. The van der Waals surface area contributed by atoms with Gasteiger partial charge >= 0.3 is 0 Å². The average Bonchev–Trinajstić information content (AvgIpc) is 2.92. The minimum absolute atomic E-state index is 0.0472. The number of benzene rings is 2. The highest BCUT2D eigenvalue weighted by Crippen LogP contribution is 2.26. The first-order valence-corrected chi connectivity index (χ1v) is 9.51. The number of carbonyl (C=O) groups excluding carboxylic acids is 1. The minimum atomic E-state index is -0.292. The molecule has 2 aromatic carbocycles. The van der Waals surface area contributed by atoms with Gasteiger partial charge < -0.3 is 19.1 Å². The van der Waals surface area contributed by atoms with Crippen molar-refractivity contribution in [2.45, 2.75) is 19.7 Å². The summed E-state index contributed by atoms with van der Waals surface area (Å²) in [5, 5.41) is 0. The summed E-state index contributed by atoms with van der Waals surface area (Å²) in [5.74, 6) is 1.30. The van der Waals surface area contributed by atoms with Gasteiger partial charge in [-0.25, -0.2) is 9.37 Å². The van der Waals surface area contributed by atoms with Crippen molar-refractivity contribution in [3.63, 3.8) is 0 Å². The maximum Gasteiger partial charge on any atom is 0.261 e. The van der Waals surface area contributed by atoms with E-state index in [-0.39, 0.29) is 24.9 Å². The molecular formula is C23H21FN2O4. The Kier molecular flexibility index (Phi) is 5.79. The molecule has 0 bridgehead atoms. The number of ether oxygens (including phenoxy) is 3. The molecule has 0 aliphatic carbocycles. The van der Waals surface area contributed by atoms with Crippen LogP contribution in [0.15, 0.2) is 60.7 Å². The van der Waals surface area contributed by atoms with E-state index in [2.05, 4.69) is 4.98 Å². The number of carbonyl (C=O) groups is 1. The monoisotopic (exact) mass is 408 g/mol. The summed E-state index contributed by atoms with van der Waals surface area (Å²) in [6.45, 7) is 0.939. The smallest absolute Gasteiger partial charge is 0.261 e. The Bertz CT molecular complexity index is 1040. The van der Waals surface area contributed by atoms with Crippen LogP contribution >= 0.6 is 0 Å². The fourth-order valence-electron chi connectivity index (χ4n) is 3.17. The zero-order valence-corrected chi connectivity index (χ0v) is 16.5. The highest BCUT2D eigenvalue weighted by atomic mass is 19.1. The van der Waals surface area contributed by atoms with E-state index < -0.39 is 0 Å². The van der Waals surface area contributed by atoms with Gasteiger partial charge in [-0.15, -0.1) is 0 Å². The largest absolute Gasteiger partial charge is 0.497 e. The molecule has 3 aromatic rings. The summed E-state index contributed by atoms with van der Waals surface area (Å²) >= 11 is 0. The molecule has 0 spiro atoms. The van der Waals surface area contributed by atoms with Crippen molar-refractivity contribution in [2.75, 3.05) is 13.7 Å². The molecule has 0 saturated heterocycles. The number of amides is 1. The maximum atomic E-state index is 13.0. The van der Waals surface area contributed by atoms with Crippen LogP contribution in [-0.2, 0) is 24.5 Å². The van der Waals surface area contributed by atoms with Crippen LogP contribution < -0.4 is 14.2 Å². The van der Waals surface area contributed by atoms with E-state index >= 15 is 0 Å². The number of hydrogen-bond acceptors (Lipinski definition) is 5. The Morgan fingerprint density at radius 3 is 2.73 bits per heavy atom. The zero-order valence-electron chi connectivity index (χ0n) is 16.5. The fourth-order valence-corrected chi connectivity index (χ4v) is 3.17. The van der Waals surface area contributed by atoms with E-state index in [1.165, 1.54) is 12.1 Å². The number of halogens is 1. The highest BCUT2D eigenvalue weighted by molar-refractivity contribution is 5.78. The molecule has 0 fully saturated rings. The summed E-state index contributed by atoms with van der Waals surface area (Å²) in [5.41, 5.74) is 2.41. The Morgan fingerprint density at radius 1 is 1.10 bits per heavy atom. The third-order valence-corrected chi connectivity index (χ3v) is 4.76. The first kappa shape index (κ1) is 19.7. The molecule has 1 aliphatic rings. The molecule has 1 amide bonds. The van der Waals surface area contributed by atoms with Crippen molar-refractivity contribution in [1.82, 2.24) is 9.88 Å². The summed E-state index contributed by atoms with van der Waals surface area (Å²) < 4.78 is 29.7. The number of fused-ring (bicyclic) bond motifs is 1. The number of aromatic nitrogens is 1. The predicted molar refractivity (Wildman–Crippen MR) is 108 cm³/mol. The number of pyridine rings is 1. The summed E-state index contributed by atoms with van der Waals surface area (Å²) in [4.78, 5) is 18.8. The number of hydrogen-bond donors (Lipinski definition) is 0. The van der Waals surface area contributed by atoms with Crippen LogP contribution in [0, 0.1) is 5.82 Å². The summed E-state index contributed by atoms with van der Waals surface area (Å²) in [6.07, 6.45) is 0. The third kappa shape index (κ3) is 4.68. The molecule has 0 atom stereocenters. The van der Waals surface area contributed by atoms with Gasteiger partial charge in [0.05, 0.1) is 13.7 Å². The molecule has 6 nitrogen and oxygen atoms in total. The molecule has 0 radical (unpaired) electrons. The first-order valence-electron chi connectivity index (χ1n) is 9.51. The molecule has 0 saturated carbocycles. The topological polar surface area (TPSA) is 60.9 Å². The van der Waals surface area contributed by atoms with Crippen molar-refractivity contribution in [2.24, 2.45) is 0 Å². The van der Waals surface area contributed by atoms with Crippen LogP contribution in [0.2, 0.25) is 0 Å². The highest BCUT2D eigenvalue weighted by Gasteiger charge is 2.23. The second kappa shape index (κ2) is 8.82. The van der Waals surface area contributed by atoms with Gasteiger partial charge in [0.25, 0.3) is 5.91 Å². The molecule has 30 heavy (non-hydrogen) atoms. The van der Waals surface area contributed by atoms with E-state index in [0.717, 1.165) is 16.9 Å². The van der Waals surface area contributed by atoms with Crippen molar-refractivity contribution < 1.29 is 23.4 Å². The second-order valence-electron chi connectivity index (χ2n) is 6.90. The van der Waals surface area contributed by atoms with Crippen LogP contribution in [-0.4, -0.2) is 29.5 Å². The van der Waals surface area contributed by atoms with Crippen molar-refractivity contribution >= 4 is 5.91 Å². The number of methoxy groups -OCH3 is 1. The van der Waals surface area contributed by atoms with E-state index in [9.17, 15) is 9.18 Å². The lowest BCUT2D eigenvalue weighted by Gasteiger charge is -2.20. The third-order valence-electron chi connectivity index (χ3n) is 4.76. The molecule has 2 heterocycles. The van der Waals surface area contributed by atoms with Gasteiger partial charge in [0.1, 0.15) is 29.6 Å². The molecule has 154 valence electrons. The van der Waals surface area contributed by atoms with Crippen LogP contribution in [0.5, 0.6) is 17.4 Å². The Hall–Kier alpha value is -3.61. The van der Waals surface area contributed by atoms with E-state index in [4.69, 9.17) is 14.2 Å². The Balaban J connectivity index is 1.48. The lowest BCUT2D eigenvalue weighted by molar-refractivity contribution is -0.133. The molecule has 1 aromatic heterocycles. The standard InChI is InChI=1S/C23H21FN2O4/c1-28-19-4-2-3-17(11-19)12-26-13-20-21(29-15-23(26)27)9-10-22(25-20)30-14-16-5-7-18(24)8-6-16/h2-11H,12-15H2,1H3. The second-order valence-corrected chi connectivity index (χ2v) is 6.90. The lowest BCUT2D eigenvalue weighted by atomic mass is 10.2. The van der Waals surface area contributed by atoms with Crippen LogP contribution in [0.1, 0.15) is 16.8 Å². The van der Waals surface area contributed by atoms with Gasteiger partial charge in [0.2, 0.25) is 5.88 Å². The predicted octanol–water partition coefficient (Wildman–Crippen LogP) is 3.73. The van der Waals surface area contributed by atoms with Gasteiger partial charge in [0, 0.05) is 12.6 Å². The van der Waals surface area contributed by atoms with Gasteiger partial charge in [-0.1, -0.05) is 24.3 Å². The maximum absolute atomic E-state index is 13.0. The molecule has 0 N–H and O–H groups in total. The van der Waals surface area contributed by atoms with Gasteiger partial charge in [-0.05, 0) is 41.5 Å².